The van der Waals surface area contributed by atoms with Gasteiger partial charge < -0.3 is 15.3 Å². The van der Waals surface area contributed by atoms with Crippen molar-refractivity contribution in [2.45, 2.75) is 83.3 Å². The Labute approximate surface area is 157 Å². The Hall–Kier alpha value is -0.610. The SMILES string of the molecule is CC(CCC(=O)O)C1CCC2C3CCC4CC(O)CCC4C3CC(O)C12. The van der Waals surface area contributed by atoms with Gasteiger partial charge in [0.2, 0.25) is 0 Å². The predicted molar refractivity (Wildman–Crippen MR) is 99.4 cm³/mol. The zero-order chi connectivity index (χ0) is 18.4. The van der Waals surface area contributed by atoms with Crippen molar-refractivity contribution in [2.24, 2.45) is 47.3 Å². The van der Waals surface area contributed by atoms with E-state index < -0.39 is 5.97 Å². The number of carbonyl (C=O) groups is 1. The molecule has 0 aromatic heterocycles. The molecule has 0 aliphatic heterocycles. The molecule has 4 aliphatic carbocycles. The minimum Gasteiger partial charge on any atom is -0.481 e. The molecule has 4 aliphatic rings. The number of rotatable bonds is 4. The molecule has 0 amide bonds. The minimum atomic E-state index is -0.700. The van der Waals surface area contributed by atoms with Crippen LogP contribution >= 0.6 is 0 Å². The zero-order valence-electron chi connectivity index (χ0n) is 16.1. The number of aliphatic carboxylic acids is 1. The largest absolute Gasteiger partial charge is 0.481 e. The zero-order valence-corrected chi connectivity index (χ0v) is 16.1. The summed E-state index contributed by atoms with van der Waals surface area (Å²) in [5.74, 6) is 4.05. The van der Waals surface area contributed by atoms with Crippen LogP contribution in [0, 0.1) is 47.3 Å². The second-order valence-electron chi connectivity index (χ2n) is 9.99. The van der Waals surface area contributed by atoms with Gasteiger partial charge in [0.1, 0.15) is 0 Å². The quantitative estimate of drug-likeness (QED) is 0.711. The van der Waals surface area contributed by atoms with Crippen molar-refractivity contribution in [3.05, 3.63) is 0 Å². The molecule has 10 unspecified atom stereocenters. The van der Waals surface area contributed by atoms with E-state index in [1.165, 1.54) is 25.7 Å². The van der Waals surface area contributed by atoms with Gasteiger partial charge >= 0.3 is 5.97 Å². The van der Waals surface area contributed by atoms with Crippen molar-refractivity contribution in [2.75, 3.05) is 0 Å². The molecule has 0 spiro atoms. The lowest BCUT2D eigenvalue weighted by Crippen LogP contribution is -2.50. The number of aliphatic hydroxyl groups is 2. The molecule has 3 N–H and O–H groups in total. The molecule has 148 valence electrons. The molecule has 4 heteroatoms. The molecule has 0 aromatic carbocycles. The minimum absolute atomic E-state index is 0.0972. The third-order valence-electron chi connectivity index (χ3n) is 8.86. The third-order valence-corrected chi connectivity index (χ3v) is 8.86. The Kier molecular flexibility index (Phi) is 5.35. The highest BCUT2D eigenvalue weighted by molar-refractivity contribution is 5.66. The van der Waals surface area contributed by atoms with Crippen molar-refractivity contribution >= 4 is 5.97 Å². The maximum atomic E-state index is 11.1. The van der Waals surface area contributed by atoms with E-state index in [9.17, 15) is 15.0 Å². The van der Waals surface area contributed by atoms with E-state index in [1.807, 2.05) is 0 Å². The molecule has 0 radical (unpaired) electrons. The van der Waals surface area contributed by atoms with Gasteiger partial charge in [-0.25, -0.2) is 0 Å². The Bertz CT molecular complexity index is 520. The van der Waals surface area contributed by atoms with Gasteiger partial charge in [0.05, 0.1) is 12.2 Å². The summed E-state index contributed by atoms with van der Waals surface area (Å²) >= 11 is 0. The van der Waals surface area contributed by atoms with E-state index in [2.05, 4.69) is 6.92 Å². The standard InChI is InChI=1S/C22H36O4/c1-12(2-9-21(25)26)15-7-8-18-17-5-3-13-10-14(23)4-6-16(13)19(17)11-20(24)22(15)18/h12-20,22-24H,2-11H2,1H3,(H,25,26). The van der Waals surface area contributed by atoms with E-state index in [4.69, 9.17) is 5.11 Å². The van der Waals surface area contributed by atoms with E-state index >= 15 is 0 Å². The second kappa shape index (κ2) is 7.43. The van der Waals surface area contributed by atoms with Crippen LogP contribution in [-0.2, 0) is 4.79 Å². The Balaban J connectivity index is 1.46. The first-order chi connectivity index (χ1) is 12.5. The topological polar surface area (TPSA) is 77.8 Å². The number of carboxylic acid groups (broad SMARTS) is 1. The average Bonchev–Trinajstić information content (AvgIpc) is 3.05. The molecule has 26 heavy (non-hydrogen) atoms. The molecule has 4 nitrogen and oxygen atoms in total. The van der Waals surface area contributed by atoms with Crippen molar-refractivity contribution in [1.29, 1.82) is 0 Å². The van der Waals surface area contributed by atoms with Crippen molar-refractivity contribution in [3.8, 4) is 0 Å². The smallest absolute Gasteiger partial charge is 0.303 e. The first-order valence-corrected chi connectivity index (χ1v) is 11.0. The van der Waals surface area contributed by atoms with Gasteiger partial charge in [0, 0.05) is 6.42 Å². The van der Waals surface area contributed by atoms with Gasteiger partial charge in [-0.3, -0.25) is 4.79 Å². The number of aliphatic hydroxyl groups excluding tert-OH is 2. The Morgan fingerprint density at radius 3 is 2.42 bits per heavy atom. The maximum Gasteiger partial charge on any atom is 0.303 e. The van der Waals surface area contributed by atoms with Crippen LogP contribution in [0.4, 0.5) is 0 Å². The lowest BCUT2D eigenvalue weighted by molar-refractivity contribution is -0.137. The second-order valence-corrected chi connectivity index (χ2v) is 9.99. The predicted octanol–water partition coefficient (Wildman–Crippen LogP) is 3.70. The van der Waals surface area contributed by atoms with Crippen LogP contribution in [0.3, 0.4) is 0 Å². The molecule has 0 heterocycles. The third kappa shape index (κ3) is 3.32. The van der Waals surface area contributed by atoms with Crippen LogP contribution in [0.25, 0.3) is 0 Å². The van der Waals surface area contributed by atoms with Crippen LogP contribution in [0.1, 0.15) is 71.1 Å². The fourth-order valence-electron chi connectivity index (χ4n) is 7.80. The fraction of sp³-hybridized carbons (Fsp3) is 0.955. The van der Waals surface area contributed by atoms with Crippen LogP contribution in [0.15, 0.2) is 0 Å². The van der Waals surface area contributed by atoms with Gasteiger partial charge in [0.25, 0.3) is 0 Å². The summed E-state index contributed by atoms with van der Waals surface area (Å²) in [6, 6.07) is 0. The van der Waals surface area contributed by atoms with E-state index in [-0.39, 0.29) is 18.6 Å². The van der Waals surface area contributed by atoms with Crippen LogP contribution in [0.2, 0.25) is 0 Å². The average molecular weight is 365 g/mol. The van der Waals surface area contributed by atoms with Gasteiger partial charge in [-0.05, 0) is 105 Å². The summed E-state index contributed by atoms with van der Waals surface area (Å²) in [4.78, 5) is 10.9. The molecule has 4 fully saturated rings. The number of carboxylic acids is 1. The summed E-state index contributed by atoms with van der Waals surface area (Å²) in [6.45, 7) is 2.20. The van der Waals surface area contributed by atoms with E-state index in [0.29, 0.717) is 35.5 Å². The van der Waals surface area contributed by atoms with Crippen LogP contribution in [-0.4, -0.2) is 33.5 Å². The van der Waals surface area contributed by atoms with Gasteiger partial charge in [-0.2, -0.15) is 0 Å². The fourth-order valence-corrected chi connectivity index (χ4v) is 7.80. The Morgan fingerprint density at radius 1 is 0.923 bits per heavy atom. The van der Waals surface area contributed by atoms with E-state index in [1.54, 1.807) is 0 Å². The van der Waals surface area contributed by atoms with Crippen molar-refractivity contribution < 1.29 is 20.1 Å². The molecule has 4 rings (SSSR count). The van der Waals surface area contributed by atoms with Gasteiger partial charge in [0.15, 0.2) is 0 Å². The summed E-state index contributed by atoms with van der Waals surface area (Å²) in [6.07, 6.45) is 9.66. The molecular formula is C22H36O4. The monoisotopic (exact) mass is 364 g/mol. The van der Waals surface area contributed by atoms with Crippen LogP contribution in [0.5, 0.6) is 0 Å². The molecule has 4 saturated carbocycles. The van der Waals surface area contributed by atoms with Crippen molar-refractivity contribution in [3.63, 3.8) is 0 Å². The number of hydrogen-bond acceptors (Lipinski definition) is 3. The first-order valence-electron chi connectivity index (χ1n) is 11.0. The number of hydrogen-bond donors (Lipinski definition) is 3. The lowest BCUT2D eigenvalue weighted by atomic mass is 9.52. The van der Waals surface area contributed by atoms with Crippen molar-refractivity contribution in [1.82, 2.24) is 0 Å². The molecule has 0 aromatic rings. The van der Waals surface area contributed by atoms with Crippen LogP contribution < -0.4 is 0 Å². The van der Waals surface area contributed by atoms with Gasteiger partial charge in [-0.1, -0.05) is 6.92 Å². The summed E-state index contributed by atoms with van der Waals surface area (Å²) in [5, 5.41) is 30.1. The highest BCUT2D eigenvalue weighted by Gasteiger charge is 2.55. The first kappa shape index (κ1) is 18.7. The summed E-state index contributed by atoms with van der Waals surface area (Å²) in [5.41, 5.74) is 0. The molecule has 10 atom stereocenters. The molecule has 0 saturated heterocycles. The molecule has 0 bridgehead atoms. The lowest BCUT2D eigenvalue weighted by Gasteiger charge is -2.54. The van der Waals surface area contributed by atoms with E-state index in [0.717, 1.165) is 43.9 Å². The summed E-state index contributed by atoms with van der Waals surface area (Å²) in [7, 11) is 0. The van der Waals surface area contributed by atoms with Gasteiger partial charge in [-0.15, -0.1) is 0 Å². The highest BCUT2D eigenvalue weighted by atomic mass is 16.4. The Morgan fingerprint density at radius 2 is 1.65 bits per heavy atom. The molecular weight excluding hydrogens is 328 g/mol. The maximum absolute atomic E-state index is 11.1. The highest BCUT2D eigenvalue weighted by Crippen LogP contribution is 2.60. The summed E-state index contributed by atoms with van der Waals surface area (Å²) < 4.78 is 0. The number of fused-ring (bicyclic) bond motifs is 5. The normalized spacial score (nSPS) is 49.0.